The summed E-state index contributed by atoms with van der Waals surface area (Å²) in [6.45, 7) is 4.69. The molecule has 2 atom stereocenters. The Morgan fingerprint density at radius 1 is 1.40 bits per heavy atom. The second kappa shape index (κ2) is 4.40. The fourth-order valence-electron chi connectivity index (χ4n) is 3.01. The van der Waals surface area contributed by atoms with Gasteiger partial charge in [-0.3, -0.25) is 0 Å². The van der Waals surface area contributed by atoms with Gasteiger partial charge in [0.2, 0.25) is 0 Å². The van der Waals surface area contributed by atoms with E-state index < -0.39 is 5.60 Å². The van der Waals surface area contributed by atoms with E-state index in [9.17, 15) is 10.2 Å². The molecule has 2 rings (SSSR count). The van der Waals surface area contributed by atoms with Crippen LogP contribution in [0.3, 0.4) is 0 Å². The van der Waals surface area contributed by atoms with Crippen molar-refractivity contribution in [1.82, 2.24) is 4.90 Å². The van der Waals surface area contributed by atoms with Crippen molar-refractivity contribution < 1.29 is 10.2 Å². The van der Waals surface area contributed by atoms with E-state index in [4.69, 9.17) is 0 Å². The lowest BCUT2D eigenvalue weighted by atomic mass is 10.0. The van der Waals surface area contributed by atoms with Crippen molar-refractivity contribution in [2.45, 2.75) is 50.7 Å². The first-order chi connectivity index (χ1) is 7.09. The highest BCUT2D eigenvalue weighted by Crippen LogP contribution is 2.32. The minimum absolute atomic E-state index is 0.201. The maximum absolute atomic E-state index is 10.3. The molecule has 15 heavy (non-hydrogen) atoms. The zero-order chi connectivity index (χ0) is 10.9. The summed E-state index contributed by atoms with van der Waals surface area (Å²) in [5, 5.41) is 19.8. The van der Waals surface area contributed by atoms with E-state index >= 15 is 0 Å². The Morgan fingerprint density at radius 2 is 2.07 bits per heavy atom. The highest BCUT2D eigenvalue weighted by atomic mass is 16.3. The van der Waals surface area contributed by atoms with E-state index in [1.165, 1.54) is 12.8 Å². The van der Waals surface area contributed by atoms with E-state index in [-0.39, 0.29) is 6.10 Å². The summed E-state index contributed by atoms with van der Waals surface area (Å²) >= 11 is 0. The third kappa shape index (κ3) is 2.71. The third-order valence-corrected chi connectivity index (χ3v) is 4.04. The molecule has 3 nitrogen and oxygen atoms in total. The summed E-state index contributed by atoms with van der Waals surface area (Å²) in [7, 11) is 0. The maximum Gasteiger partial charge on any atom is 0.0774 e. The molecule has 2 unspecified atom stereocenters. The fraction of sp³-hybridized carbons (Fsp3) is 1.00. The van der Waals surface area contributed by atoms with Crippen molar-refractivity contribution in [1.29, 1.82) is 0 Å². The van der Waals surface area contributed by atoms with Crippen molar-refractivity contribution in [3.8, 4) is 0 Å². The van der Waals surface area contributed by atoms with Gasteiger partial charge in [0.1, 0.15) is 0 Å². The fourth-order valence-corrected chi connectivity index (χ4v) is 3.01. The van der Waals surface area contributed by atoms with Gasteiger partial charge in [0.15, 0.2) is 0 Å². The number of rotatable bonds is 3. The second-order valence-electron chi connectivity index (χ2n) is 5.46. The largest absolute Gasteiger partial charge is 0.393 e. The number of aliphatic hydroxyl groups excluding tert-OH is 1. The zero-order valence-corrected chi connectivity index (χ0v) is 9.65. The monoisotopic (exact) mass is 213 g/mol. The van der Waals surface area contributed by atoms with E-state index in [1.54, 1.807) is 0 Å². The Bertz CT molecular complexity index is 212. The molecular weight excluding hydrogens is 190 g/mol. The smallest absolute Gasteiger partial charge is 0.0774 e. The first-order valence-electron chi connectivity index (χ1n) is 6.22. The van der Waals surface area contributed by atoms with Crippen LogP contribution in [0.15, 0.2) is 0 Å². The average Bonchev–Trinajstić information content (AvgIpc) is 2.75. The summed E-state index contributed by atoms with van der Waals surface area (Å²) in [5.41, 5.74) is -0.423. The summed E-state index contributed by atoms with van der Waals surface area (Å²) in [6, 6.07) is 0. The number of nitrogens with zero attached hydrogens (tertiary/aromatic N) is 1. The van der Waals surface area contributed by atoms with Crippen LogP contribution in [0.1, 0.15) is 39.0 Å². The summed E-state index contributed by atoms with van der Waals surface area (Å²) in [6.07, 6.45) is 5.14. The molecule has 0 bridgehead atoms. The Kier molecular flexibility index (Phi) is 3.33. The van der Waals surface area contributed by atoms with Gasteiger partial charge in [0.25, 0.3) is 0 Å². The number of hydrogen-bond donors (Lipinski definition) is 2. The van der Waals surface area contributed by atoms with Gasteiger partial charge in [-0.05, 0) is 38.6 Å². The molecule has 1 aliphatic heterocycles. The standard InChI is InChI=1S/C12H23NO2/c1-10(14)11-4-7-13(8-11)9-12(15)5-2-3-6-12/h10-11,14-15H,2-9H2,1H3. The van der Waals surface area contributed by atoms with E-state index in [0.29, 0.717) is 5.92 Å². The highest BCUT2D eigenvalue weighted by Gasteiger charge is 2.36. The molecule has 0 aromatic rings. The van der Waals surface area contributed by atoms with Crippen LogP contribution >= 0.6 is 0 Å². The Hall–Kier alpha value is -0.120. The quantitative estimate of drug-likeness (QED) is 0.735. The van der Waals surface area contributed by atoms with Crippen molar-refractivity contribution in [3.05, 3.63) is 0 Å². The van der Waals surface area contributed by atoms with Crippen molar-refractivity contribution in [3.63, 3.8) is 0 Å². The van der Waals surface area contributed by atoms with Gasteiger partial charge >= 0.3 is 0 Å². The zero-order valence-electron chi connectivity index (χ0n) is 9.65. The normalized spacial score (nSPS) is 33.4. The van der Waals surface area contributed by atoms with Crippen LogP contribution in [0.4, 0.5) is 0 Å². The molecule has 2 aliphatic rings. The number of aliphatic hydroxyl groups is 2. The van der Waals surface area contributed by atoms with Gasteiger partial charge < -0.3 is 15.1 Å². The minimum atomic E-state index is -0.423. The molecular formula is C12H23NO2. The summed E-state index contributed by atoms with van der Waals surface area (Å²) in [5.74, 6) is 0.412. The van der Waals surface area contributed by atoms with Gasteiger partial charge in [-0.15, -0.1) is 0 Å². The summed E-state index contributed by atoms with van der Waals surface area (Å²) in [4.78, 5) is 2.32. The second-order valence-corrected chi connectivity index (χ2v) is 5.46. The van der Waals surface area contributed by atoms with Gasteiger partial charge in [0, 0.05) is 13.1 Å². The van der Waals surface area contributed by atoms with Gasteiger partial charge in [-0.2, -0.15) is 0 Å². The van der Waals surface area contributed by atoms with Crippen LogP contribution in [-0.4, -0.2) is 46.5 Å². The molecule has 88 valence electrons. The number of hydrogen-bond acceptors (Lipinski definition) is 3. The molecule has 0 amide bonds. The van der Waals surface area contributed by atoms with Crippen LogP contribution in [0.2, 0.25) is 0 Å². The number of β-amino-alcohol motifs (C(OH)–C–C–N with tert-alkyl or cyclic N) is 1. The highest BCUT2D eigenvalue weighted by molar-refractivity contribution is 4.90. The lowest BCUT2D eigenvalue weighted by molar-refractivity contribution is 0.0127. The SMILES string of the molecule is CC(O)C1CCN(CC2(O)CCCC2)C1. The first kappa shape index (κ1) is 11.4. The van der Waals surface area contributed by atoms with Crippen molar-refractivity contribution in [2.75, 3.05) is 19.6 Å². The van der Waals surface area contributed by atoms with Crippen LogP contribution < -0.4 is 0 Å². The van der Waals surface area contributed by atoms with Crippen LogP contribution in [0.5, 0.6) is 0 Å². The lowest BCUT2D eigenvalue weighted by Gasteiger charge is -2.28. The summed E-state index contributed by atoms with van der Waals surface area (Å²) < 4.78 is 0. The molecule has 2 N–H and O–H groups in total. The molecule has 0 aromatic carbocycles. The first-order valence-corrected chi connectivity index (χ1v) is 6.22. The van der Waals surface area contributed by atoms with Gasteiger partial charge in [-0.1, -0.05) is 12.8 Å². The van der Waals surface area contributed by atoms with E-state index in [0.717, 1.165) is 38.9 Å². The van der Waals surface area contributed by atoms with Crippen LogP contribution in [0.25, 0.3) is 0 Å². The Labute approximate surface area is 92.1 Å². The molecule has 0 spiro atoms. The topological polar surface area (TPSA) is 43.7 Å². The van der Waals surface area contributed by atoms with Gasteiger partial charge in [-0.25, -0.2) is 0 Å². The van der Waals surface area contributed by atoms with E-state index in [1.807, 2.05) is 6.92 Å². The minimum Gasteiger partial charge on any atom is -0.393 e. The molecule has 0 radical (unpaired) electrons. The maximum atomic E-state index is 10.3. The lowest BCUT2D eigenvalue weighted by Crippen LogP contribution is -2.40. The van der Waals surface area contributed by atoms with Crippen molar-refractivity contribution in [2.24, 2.45) is 5.92 Å². The predicted molar refractivity (Wildman–Crippen MR) is 59.6 cm³/mol. The third-order valence-electron chi connectivity index (χ3n) is 4.04. The van der Waals surface area contributed by atoms with Gasteiger partial charge in [0.05, 0.1) is 11.7 Å². The molecule has 0 aromatic heterocycles. The number of likely N-dealkylation sites (tertiary alicyclic amines) is 1. The predicted octanol–water partition coefficient (Wildman–Crippen LogP) is 0.994. The molecule has 3 heteroatoms. The van der Waals surface area contributed by atoms with Crippen molar-refractivity contribution >= 4 is 0 Å². The average molecular weight is 213 g/mol. The van der Waals surface area contributed by atoms with Crippen LogP contribution in [-0.2, 0) is 0 Å². The Balaban J connectivity index is 1.81. The molecule has 1 heterocycles. The van der Waals surface area contributed by atoms with Crippen LogP contribution in [0, 0.1) is 5.92 Å². The Morgan fingerprint density at radius 3 is 2.60 bits per heavy atom. The molecule has 1 aliphatic carbocycles. The van der Waals surface area contributed by atoms with E-state index in [2.05, 4.69) is 4.90 Å². The molecule has 1 saturated heterocycles. The molecule has 2 fully saturated rings. The molecule has 1 saturated carbocycles.